The fourth-order valence-corrected chi connectivity index (χ4v) is 2.48. The highest BCUT2D eigenvalue weighted by molar-refractivity contribution is 7.80. The summed E-state index contributed by atoms with van der Waals surface area (Å²) in [5.41, 5.74) is 3.00. The Morgan fingerprint density at radius 1 is 1.62 bits per heavy atom. The van der Waals surface area contributed by atoms with E-state index in [-0.39, 0.29) is 0 Å². The van der Waals surface area contributed by atoms with Crippen molar-refractivity contribution in [3.8, 4) is 6.07 Å². The number of hydrogen-bond donors (Lipinski definition) is 0. The number of dihydropyridines is 1. The first-order valence-electron chi connectivity index (χ1n) is 4.46. The van der Waals surface area contributed by atoms with Crippen molar-refractivity contribution in [1.82, 2.24) is 0 Å². The standard InChI is InChI=1S/C10H10N2S/c1-6-7-3-2-4-8(7)9(5-11)10(13)12-6/h7H,2-4H2,1H3. The zero-order valence-electron chi connectivity index (χ0n) is 7.50. The first-order valence-corrected chi connectivity index (χ1v) is 4.87. The van der Waals surface area contributed by atoms with Crippen molar-refractivity contribution in [3.63, 3.8) is 0 Å². The molecule has 1 aliphatic heterocycles. The van der Waals surface area contributed by atoms with Gasteiger partial charge in [0.25, 0.3) is 0 Å². The van der Waals surface area contributed by atoms with E-state index in [1.165, 1.54) is 12.0 Å². The van der Waals surface area contributed by atoms with E-state index in [1.807, 2.05) is 6.92 Å². The second kappa shape index (κ2) is 3.04. The molecule has 0 saturated heterocycles. The van der Waals surface area contributed by atoms with E-state index in [0.717, 1.165) is 18.6 Å². The maximum absolute atomic E-state index is 8.93. The van der Waals surface area contributed by atoms with E-state index in [0.29, 0.717) is 16.5 Å². The molecule has 0 N–H and O–H groups in total. The predicted molar refractivity (Wildman–Crippen MR) is 55.7 cm³/mol. The first-order chi connectivity index (χ1) is 6.24. The van der Waals surface area contributed by atoms with Gasteiger partial charge in [-0.3, -0.25) is 0 Å². The molecule has 0 amide bonds. The number of nitrogens with zero attached hydrogens (tertiary/aromatic N) is 2. The second-order valence-corrected chi connectivity index (χ2v) is 3.90. The summed E-state index contributed by atoms with van der Waals surface area (Å²) in [6.07, 6.45) is 3.33. The average molecular weight is 190 g/mol. The van der Waals surface area contributed by atoms with Gasteiger partial charge in [0.1, 0.15) is 11.1 Å². The maximum Gasteiger partial charge on any atom is 0.143 e. The highest BCUT2D eigenvalue weighted by Crippen LogP contribution is 2.37. The van der Waals surface area contributed by atoms with E-state index < -0.39 is 0 Å². The molecule has 0 aromatic rings. The van der Waals surface area contributed by atoms with Crippen LogP contribution in [0.25, 0.3) is 0 Å². The zero-order valence-corrected chi connectivity index (χ0v) is 8.32. The van der Waals surface area contributed by atoms with Gasteiger partial charge in [0.2, 0.25) is 0 Å². The molecule has 0 radical (unpaired) electrons. The Bertz CT molecular complexity index is 371. The molecule has 13 heavy (non-hydrogen) atoms. The minimum Gasteiger partial charge on any atom is -0.244 e. The molecule has 1 saturated carbocycles. The van der Waals surface area contributed by atoms with Crippen LogP contribution in [-0.2, 0) is 0 Å². The molecule has 2 rings (SSSR count). The molecule has 0 aromatic heterocycles. The smallest absolute Gasteiger partial charge is 0.143 e. The number of aliphatic imine (C=N–C) groups is 1. The van der Waals surface area contributed by atoms with Crippen molar-refractivity contribution in [2.24, 2.45) is 10.9 Å². The van der Waals surface area contributed by atoms with Crippen LogP contribution in [0.4, 0.5) is 0 Å². The fraction of sp³-hybridized carbons (Fsp3) is 0.500. The van der Waals surface area contributed by atoms with E-state index in [2.05, 4.69) is 11.1 Å². The Hall–Kier alpha value is -1.01. The number of fused-ring (bicyclic) bond motifs is 1. The molecular weight excluding hydrogens is 180 g/mol. The lowest BCUT2D eigenvalue weighted by Crippen LogP contribution is -2.19. The lowest BCUT2D eigenvalue weighted by atomic mass is 9.91. The van der Waals surface area contributed by atoms with Crippen molar-refractivity contribution in [2.75, 3.05) is 0 Å². The van der Waals surface area contributed by atoms with Crippen LogP contribution in [0.5, 0.6) is 0 Å². The van der Waals surface area contributed by atoms with Gasteiger partial charge in [0.15, 0.2) is 0 Å². The molecule has 3 heteroatoms. The van der Waals surface area contributed by atoms with Crippen LogP contribution in [0.2, 0.25) is 0 Å². The molecule has 66 valence electrons. The molecule has 2 nitrogen and oxygen atoms in total. The summed E-state index contributed by atoms with van der Waals surface area (Å²) in [4.78, 5) is 4.74. The van der Waals surface area contributed by atoms with Crippen molar-refractivity contribution < 1.29 is 0 Å². The second-order valence-electron chi connectivity index (χ2n) is 3.52. The minimum atomic E-state index is 0.418. The Kier molecular flexibility index (Phi) is 2.01. The summed E-state index contributed by atoms with van der Waals surface area (Å²) in [7, 11) is 0. The first kappa shape index (κ1) is 8.58. The summed E-state index contributed by atoms with van der Waals surface area (Å²) in [5, 5.41) is 8.93. The highest BCUT2D eigenvalue weighted by atomic mass is 32.1. The molecule has 1 heterocycles. The Balaban J connectivity index is 2.51. The van der Waals surface area contributed by atoms with Crippen LogP contribution >= 0.6 is 12.2 Å². The lowest BCUT2D eigenvalue weighted by Gasteiger charge is -2.18. The van der Waals surface area contributed by atoms with Crippen molar-refractivity contribution in [2.45, 2.75) is 26.2 Å². The zero-order chi connectivity index (χ0) is 9.42. The van der Waals surface area contributed by atoms with Gasteiger partial charge in [-0.25, -0.2) is 4.99 Å². The number of thiocarbonyl (C=S) groups is 1. The van der Waals surface area contributed by atoms with Crippen LogP contribution in [0, 0.1) is 17.2 Å². The Labute approximate surface area is 83.0 Å². The van der Waals surface area contributed by atoms with Crippen LogP contribution in [-0.4, -0.2) is 10.7 Å². The summed E-state index contributed by atoms with van der Waals surface area (Å²) < 4.78 is 0. The van der Waals surface area contributed by atoms with Gasteiger partial charge in [0.05, 0.1) is 5.57 Å². The largest absolute Gasteiger partial charge is 0.244 e. The monoisotopic (exact) mass is 190 g/mol. The third-order valence-corrected chi connectivity index (χ3v) is 3.08. The summed E-state index contributed by atoms with van der Waals surface area (Å²) in [6.45, 7) is 2.01. The third-order valence-electron chi connectivity index (χ3n) is 2.79. The molecule has 1 unspecified atom stereocenters. The van der Waals surface area contributed by atoms with E-state index in [1.54, 1.807) is 0 Å². The average Bonchev–Trinajstić information content (AvgIpc) is 2.53. The van der Waals surface area contributed by atoms with Crippen molar-refractivity contribution >= 4 is 22.9 Å². The molecule has 1 fully saturated rings. The molecule has 1 atom stereocenters. The van der Waals surface area contributed by atoms with Crippen LogP contribution in [0.1, 0.15) is 26.2 Å². The highest BCUT2D eigenvalue weighted by Gasteiger charge is 2.31. The van der Waals surface area contributed by atoms with Crippen molar-refractivity contribution in [1.29, 1.82) is 5.26 Å². The van der Waals surface area contributed by atoms with Crippen LogP contribution in [0.15, 0.2) is 16.1 Å². The third kappa shape index (κ3) is 1.22. The van der Waals surface area contributed by atoms with Gasteiger partial charge in [-0.2, -0.15) is 5.26 Å². The molecule has 0 spiro atoms. The normalized spacial score (nSPS) is 26.9. The number of rotatable bonds is 0. The Morgan fingerprint density at radius 2 is 2.38 bits per heavy atom. The van der Waals surface area contributed by atoms with E-state index >= 15 is 0 Å². The molecule has 0 bridgehead atoms. The lowest BCUT2D eigenvalue weighted by molar-refractivity contribution is 0.794. The summed E-state index contributed by atoms with van der Waals surface area (Å²) in [5.74, 6) is 0.418. The Morgan fingerprint density at radius 3 is 3.08 bits per heavy atom. The van der Waals surface area contributed by atoms with Gasteiger partial charge < -0.3 is 0 Å². The summed E-state index contributed by atoms with van der Waals surface area (Å²) in [6, 6.07) is 2.18. The number of nitriles is 1. The maximum atomic E-state index is 8.93. The minimum absolute atomic E-state index is 0.418. The van der Waals surface area contributed by atoms with E-state index in [4.69, 9.17) is 17.5 Å². The van der Waals surface area contributed by atoms with Gasteiger partial charge in [-0.15, -0.1) is 0 Å². The number of hydrogen-bond acceptors (Lipinski definition) is 2. The quantitative estimate of drug-likeness (QED) is 0.550. The topological polar surface area (TPSA) is 36.1 Å². The molecule has 2 aliphatic rings. The van der Waals surface area contributed by atoms with E-state index in [9.17, 15) is 0 Å². The number of allylic oxidation sites excluding steroid dienone is 1. The summed E-state index contributed by atoms with van der Waals surface area (Å²) >= 11 is 5.06. The predicted octanol–water partition coefficient (Wildman–Crippen LogP) is 2.41. The van der Waals surface area contributed by atoms with Crippen LogP contribution < -0.4 is 0 Å². The molecule has 0 aromatic carbocycles. The van der Waals surface area contributed by atoms with Crippen LogP contribution in [0.3, 0.4) is 0 Å². The van der Waals surface area contributed by atoms with Gasteiger partial charge >= 0.3 is 0 Å². The molecular formula is C10H10N2S. The fourth-order valence-electron chi connectivity index (χ4n) is 2.16. The van der Waals surface area contributed by atoms with Crippen molar-refractivity contribution in [3.05, 3.63) is 11.1 Å². The van der Waals surface area contributed by atoms with Gasteiger partial charge in [-0.05, 0) is 31.8 Å². The SMILES string of the molecule is CC1=NC(=S)C(C#N)=C2CCCC12. The van der Waals surface area contributed by atoms with Gasteiger partial charge in [-0.1, -0.05) is 12.2 Å². The van der Waals surface area contributed by atoms with Gasteiger partial charge in [0, 0.05) is 11.6 Å². The molecule has 1 aliphatic carbocycles.